The Labute approximate surface area is 70.5 Å². The van der Waals surface area contributed by atoms with Crippen LogP contribution in [0.2, 0.25) is 0 Å². The lowest BCUT2D eigenvalue weighted by atomic mass is 10.1. The Balaban J connectivity index is 2.89. The first-order valence-electron chi connectivity index (χ1n) is 3.24. The molecule has 0 unspecified atom stereocenters. The van der Waals surface area contributed by atoms with Gasteiger partial charge in [-0.05, 0) is 12.2 Å². The van der Waals surface area contributed by atoms with E-state index in [2.05, 4.69) is 0 Å². The van der Waals surface area contributed by atoms with Crippen molar-refractivity contribution in [2.45, 2.75) is 10.9 Å². The van der Waals surface area contributed by atoms with Crippen LogP contribution < -0.4 is 11.5 Å². The van der Waals surface area contributed by atoms with Gasteiger partial charge < -0.3 is 11.5 Å². The Bertz CT molecular complexity index is 313. The molecule has 1 rings (SSSR count). The van der Waals surface area contributed by atoms with E-state index in [1.807, 2.05) is 0 Å². The monoisotopic (exact) mass is 190 g/mol. The Hall–Kier alpha value is -0.690. The highest BCUT2D eigenvalue weighted by atomic mass is 32.2. The van der Waals surface area contributed by atoms with Crippen LogP contribution in [-0.2, 0) is 10.1 Å². The smallest absolute Gasteiger partial charge is 0.275 e. The molecule has 0 saturated carbocycles. The zero-order valence-corrected chi connectivity index (χ0v) is 7.03. The second-order valence-corrected chi connectivity index (χ2v) is 4.27. The number of rotatable bonds is 1. The quantitative estimate of drug-likeness (QED) is 0.279. The van der Waals surface area contributed by atoms with Gasteiger partial charge in [0.1, 0.15) is 10.9 Å². The third-order valence-electron chi connectivity index (χ3n) is 1.49. The van der Waals surface area contributed by atoms with Crippen molar-refractivity contribution < 1.29 is 13.0 Å². The molecule has 6 heteroatoms. The SMILES string of the molecule is NC1(N)C=CC(S(=O)(=O)O)C=C1. The summed E-state index contributed by atoms with van der Waals surface area (Å²) in [5.41, 5.74) is 9.71. The summed E-state index contributed by atoms with van der Waals surface area (Å²) in [6, 6.07) is 0. The molecule has 0 aromatic carbocycles. The summed E-state index contributed by atoms with van der Waals surface area (Å²) >= 11 is 0. The molecule has 0 amide bonds. The van der Waals surface area contributed by atoms with Crippen LogP contribution in [0.4, 0.5) is 0 Å². The first kappa shape index (κ1) is 9.40. The van der Waals surface area contributed by atoms with Gasteiger partial charge in [0, 0.05) is 0 Å². The van der Waals surface area contributed by atoms with E-state index in [0.29, 0.717) is 0 Å². The Morgan fingerprint density at radius 3 is 2.00 bits per heavy atom. The third-order valence-corrected chi connectivity index (χ3v) is 2.50. The van der Waals surface area contributed by atoms with Crippen molar-refractivity contribution in [2.24, 2.45) is 11.5 Å². The summed E-state index contributed by atoms with van der Waals surface area (Å²) in [6.45, 7) is 0. The molecule has 5 nitrogen and oxygen atoms in total. The summed E-state index contributed by atoms with van der Waals surface area (Å²) in [5, 5.41) is -1.03. The van der Waals surface area contributed by atoms with E-state index >= 15 is 0 Å². The number of hydrogen-bond acceptors (Lipinski definition) is 4. The van der Waals surface area contributed by atoms with Gasteiger partial charge in [0.25, 0.3) is 10.1 Å². The molecule has 0 saturated heterocycles. The van der Waals surface area contributed by atoms with Gasteiger partial charge in [-0.3, -0.25) is 4.55 Å². The molecule has 0 bridgehead atoms. The van der Waals surface area contributed by atoms with Gasteiger partial charge >= 0.3 is 0 Å². The second-order valence-electron chi connectivity index (χ2n) is 2.70. The molecule has 12 heavy (non-hydrogen) atoms. The molecule has 0 fully saturated rings. The number of nitrogens with two attached hydrogens (primary N) is 2. The van der Waals surface area contributed by atoms with E-state index in [-0.39, 0.29) is 0 Å². The normalized spacial score (nSPS) is 22.9. The van der Waals surface area contributed by atoms with Crippen LogP contribution in [0, 0.1) is 0 Å². The highest BCUT2D eigenvalue weighted by Gasteiger charge is 2.23. The van der Waals surface area contributed by atoms with Gasteiger partial charge in [0.15, 0.2) is 0 Å². The number of hydrogen-bond donors (Lipinski definition) is 3. The van der Waals surface area contributed by atoms with E-state index in [0.717, 1.165) is 0 Å². The minimum Gasteiger partial charge on any atom is -0.307 e. The van der Waals surface area contributed by atoms with Crippen LogP contribution in [0.15, 0.2) is 24.3 Å². The second kappa shape index (κ2) is 2.67. The molecule has 68 valence electrons. The molecule has 0 heterocycles. The van der Waals surface area contributed by atoms with Crippen LogP contribution in [0.25, 0.3) is 0 Å². The highest BCUT2D eigenvalue weighted by Crippen LogP contribution is 2.12. The van der Waals surface area contributed by atoms with Crippen LogP contribution in [0.5, 0.6) is 0 Å². The van der Waals surface area contributed by atoms with Gasteiger partial charge in [0.05, 0.1) is 0 Å². The first-order chi connectivity index (χ1) is 5.31. The van der Waals surface area contributed by atoms with E-state index in [4.69, 9.17) is 16.0 Å². The molecule has 0 aromatic rings. The van der Waals surface area contributed by atoms with Gasteiger partial charge in [-0.25, -0.2) is 0 Å². The van der Waals surface area contributed by atoms with Crippen LogP contribution >= 0.6 is 0 Å². The summed E-state index contributed by atoms with van der Waals surface area (Å²) < 4.78 is 29.7. The molecule has 1 aliphatic rings. The Kier molecular flexibility index (Phi) is 2.09. The van der Waals surface area contributed by atoms with E-state index < -0.39 is 21.0 Å². The minimum absolute atomic E-state index is 1.03. The Morgan fingerprint density at radius 1 is 1.25 bits per heavy atom. The van der Waals surface area contributed by atoms with Crippen molar-refractivity contribution in [3.05, 3.63) is 24.3 Å². The molecule has 0 aliphatic heterocycles. The average Bonchev–Trinajstić information content (AvgIpc) is 1.83. The third kappa shape index (κ3) is 2.15. The van der Waals surface area contributed by atoms with Gasteiger partial charge in [0.2, 0.25) is 0 Å². The van der Waals surface area contributed by atoms with Crippen molar-refractivity contribution in [3.8, 4) is 0 Å². The molecular formula is C6H10N2O3S. The molecule has 0 spiro atoms. The zero-order valence-electron chi connectivity index (χ0n) is 6.21. The van der Waals surface area contributed by atoms with Crippen LogP contribution in [0.1, 0.15) is 0 Å². The zero-order chi connectivity index (χ0) is 9.41. The topological polar surface area (TPSA) is 106 Å². The maximum atomic E-state index is 10.6. The standard InChI is InChI=1S/C6H10N2O3S/c7-6(8)3-1-5(2-4-6)12(9,10)11/h1-5H,7-8H2,(H,9,10,11). The Morgan fingerprint density at radius 2 is 1.67 bits per heavy atom. The van der Waals surface area contributed by atoms with E-state index in [1.54, 1.807) is 0 Å². The molecule has 0 aromatic heterocycles. The first-order valence-corrected chi connectivity index (χ1v) is 4.74. The fourth-order valence-electron chi connectivity index (χ4n) is 0.841. The van der Waals surface area contributed by atoms with Crippen LogP contribution in [0.3, 0.4) is 0 Å². The molecular weight excluding hydrogens is 180 g/mol. The molecule has 0 atom stereocenters. The molecule has 5 N–H and O–H groups in total. The van der Waals surface area contributed by atoms with Gasteiger partial charge in [-0.2, -0.15) is 8.42 Å². The lowest BCUT2D eigenvalue weighted by molar-refractivity contribution is 0.480. The largest absolute Gasteiger partial charge is 0.307 e. The predicted octanol–water partition coefficient (Wildman–Crippen LogP) is -1.02. The maximum Gasteiger partial charge on any atom is 0.275 e. The van der Waals surface area contributed by atoms with Gasteiger partial charge in [-0.15, -0.1) is 0 Å². The van der Waals surface area contributed by atoms with Crippen molar-refractivity contribution >= 4 is 10.1 Å². The van der Waals surface area contributed by atoms with Crippen molar-refractivity contribution in [1.82, 2.24) is 0 Å². The summed E-state index contributed by atoms with van der Waals surface area (Å²) in [7, 11) is -4.06. The average molecular weight is 190 g/mol. The predicted molar refractivity (Wildman–Crippen MR) is 44.7 cm³/mol. The van der Waals surface area contributed by atoms with Gasteiger partial charge in [-0.1, -0.05) is 12.2 Å². The van der Waals surface area contributed by atoms with Crippen LogP contribution in [-0.4, -0.2) is 23.9 Å². The summed E-state index contributed by atoms with van der Waals surface area (Å²) in [5.74, 6) is 0. The summed E-state index contributed by atoms with van der Waals surface area (Å²) in [4.78, 5) is 0. The van der Waals surface area contributed by atoms with E-state index in [9.17, 15) is 8.42 Å². The lowest BCUT2D eigenvalue weighted by Gasteiger charge is -2.20. The molecule has 0 radical (unpaired) electrons. The van der Waals surface area contributed by atoms with Crippen molar-refractivity contribution in [2.75, 3.05) is 0 Å². The highest BCUT2D eigenvalue weighted by molar-refractivity contribution is 7.86. The fourth-order valence-corrected chi connectivity index (χ4v) is 1.40. The van der Waals surface area contributed by atoms with E-state index in [1.165, 1.54) is 24.3 Å². The fraction of sp³-hybridized carbons (Fsp3) is 0.333. The molecule has 1 aliphatic carbocycles. The van der Waals surface area contributed by atoms with Crippen molar-refractivity contribution in [3.63, 3.8) is 0 Å². The van der Waals surface area contributed by atoms with Crippen molar-refractivity contribution in [1.29, 1.82) is 0 Å². The summed E-state index contributed by atoms with van der Waals surface area (Å²) in [6.07, 6.45) is 5.14. The maximum absolute atomic E-state index is 10.6. The minimum atomic E-state index is -4.06. The lowest BCUT2D eigenvalue weighted by Crippen LogP contribution is -2.47.